The minimum Gasteiger partial charge on any atom is -0.301 e. The van der Waals surface area contributed by atoms with E-state index in [-0.39, 0.29) is 24.2 Å². The molecular weight excluding hydrogens is 280 g/mol. The lowest BCUT2D eigenvalue weighted by molar-refractivity contribution is -0.0952. The van der Waals surface area contributed by atoms with E-state index in [0.29, 0.717) is 24.3 Å². The zero-order chi connectivity index (χ0) is 13.8. The molecule has 0 radical (unpaired) electrons. The van der Waals surface area contributed by atoms with Gasteiger partial charge < -0.3 is 4.90 Å². The topological polar surface area (TPSA) is 49.9 Å². The average Bonchev–Trinajstić information content (AvgIpc) is 2.69. The molecule has 0 aromatic heterocycles. The molecule has 1 aromatic rings. The molecule has 0 aliphatic carbocycles. The third-order valence-electron chi connectivity index (χ3n) is 3.28. The minimum absolute atomic E-state index is 0. The monoisotopic (exact) mass is 298 g/mol. The zero-order valence-electron chi connectivity index (χ0n) is 11.7. The molecule has 0 atom stereocenters. The van der Waals surface area contributed by atoms with Gasteiger partial charge in [-0.15, -0.1) is 17.5 Å². The normalized spacial score (nSPS) is 13.7. The van der Waals surface area contributed by atoms with Crippen LogP contribution in [0.2, 0.25) is 0 Å². The Morgan fingerprint density at radius 1 is 1.05 bits per heavy atom. The van der Waals surface area contributed by atoms with E-state index in [2.05, 4.69) is 18.7 Å². The lowest BCUT2D eigenvalue weighted by atomic mass is 10.1. The molecule has 0 saturated heterocycles. The number of fused-ring (bicyclic) bond motifs is 1. The first-order chi connectivity index (χ1) is 9.19. The van der Waals surface area contributed by atoms with Gasteiger partial charge in [0.2, 0.25) is 0 Å². The molecule has 0 fully saturated rings. The SMILES string of the molecule is CCN(CC)CCON1C(=O)c2ccccc2C1=O.Cl. The molecule has 5 nitrogen and oxygen atoms in total. The number of hydrogen-bond donors (Lipinski definition) is 0. The van der Waals surface area contributed by atoms with Crippen molar-refractivity contribution in [3.05, 3.63) is 35.4 Å². The molecule has 0 bridgehead atoms. The summed E-state index contributed by atoms with van der Waals surface area (Å²) < 4.78 is 0. The van der Waals surface area contributed by atoms with E-state index < -0.39 is 0 Å². The maximum Gasteiger partial charge on any atom is 0.285 e. The Balaban J connectivity index is 0.00000200. The highest BCUT2D eigenvalue weighted by Gasteiger charge is 2.36. The summed E-state index contributed by atoms with van der Waals surface area (Å²) in [6.07, 6.45) is 0. The number of halogens is 1. The van der Waals surface area contributed by atoms with Crippen molar-refractivity contribution >= 4 is 24.2 Å². The molecule has 0 saturated carbocycles. The number of carbonyl (C=O) groups excluding carboxylic acids is 2. The van der Waals surface area contributed by atoms with E-state index in [9.17, 15) is 9.59 Å². The Morgan fingerprint density at radius 2 is 1.55 bits per heavy atom. The highest BCUT2D eigenvalue weighted by Crippen LogP contribution is 2.22. The Hall–Kier alpha value is -1.43. The van der Waals surface area contributed by atoms with Gasteiger partial charge in [0.15, 0.2) is 0 Å². The first-order valence-corrected chi connectivity index (χ1v) is 6.52. The van der Waals surface area contributed by atoms with Crippen molar-refractivity contribution in [3.63, 3.8) is 0 Å². The summed E-state index contributed by atoms with van der Waals surface area (Å²) in [5.41, 5.74) is 0.825. The molecule has 2 amide bonds. The lowest BCUT2D eigenvalue weighted by Crippen LogP contribution is -2.34. The van der Waals surface area contributed by atoms with Gasteiger partial charge >= 0.3 is 0 Å². The van der Waals surface area contributed by atoms with Gasteiger partial charge in [0.05, 0.1) is 17.7 Å². The highest BCUT2D eigenvalue weighted by atomic mass is 35.5. The van der Waals surface area contributed by atoms with Crippen molar-refractivity contribution in [3.8, 4) is 0 Å². The molecular formula is C14H19ClN2O3. The van der Waals surface area contributed by atoms with E-state index in [4.69, 9.17) is 4.84 Å². The third kappa shape index (κ3) is 3.17. The third-order valence-corrected chi connectivity index (χ3v) is 3.28. The number of benzene rings is 1. The molecule has 0 unspecified atom stereocenters. The van der Waals surface area contributed by atoms with Crippen molar-refractivity contribution in [2.75, 3.05) is 26.2 Å². The fourth-order valence-corrected chi connectivity index (χ4v) is 2.09. The number of carbonyl (C=O) groups is 2. The summed E-state index contributed by atoms with van der Waals surface area (Å²) >= 11 is 0. The van der Waals surface area contributed by atoms with Crippen LogP contribution >= 0.6 is 12.4 Å². The number of likely N-dealkylation sites (N-methyl/N-ethyl adjacent to an activating group) is 1. The molecule has 1 aliphatic rings. The second-order valence-electron chi connectivity index (χ2n) is 4.31. The van der Waals surface area contributed by atoms with Crippen LogP contribution in [0, 0.1) is 0 Å². The van der Waals surface area contributed by atoms with E-state index in [1.165, 1.54) is 0 Å². The standard InChI is InChI=1S/C14H18N2O3.ClH/c1-3-15(4-2)9-10-19-16-13(17)11-7-5-6-8-12(11)14(16)18;/h5-8H,3-4,9-10H2,1-2H3;1H. The van der Waals surface area contributed by atoms with Crippen LogP contribution in [0.25, 0.3) is 0 Å². The van der Waals surface area contributed by atoms with Crippen molar-refractivity contribution < 1.29 is 14.4 Å². The second-order valence-corrected chi connectivity index (χ2v) is 4.31. The van der Waals surface area contributed by atoms with Gasteiger partial charge in [-0.1, -0.05) is 26.0 Å². The quantitative estimate of drug-likeness (QED) is 0.754. The summed E-state index contributed by atoms with van der Waals surface area (Å²) in [6, 6.07) is 6.76. The van der Waals surface area contributed by atoms with Crippen LogP contribution in [0.3, 0.4) is 0 Å². The largest absolute Gasteiger partial charge is 0.301 e. The Kier molecular flexibility index (Phi) is 6.13. The summed E-state index contributed by atoms with van der Waals surface area (Å²) in [7, 11) is 0. The predicted molar refractivity (Wildman–Crippen MR) is 77.9 cm³/mol. The van der Waals surface area contributed by atoms with Gasteiger partial charge in [0.25, 0.3) is 11.8 Å². The van der Waals surface area contributed by atoms with Crippen molar-refractivity contribution in [2.24, 2.45) is 0 Å². The number of amides is 2. The average molecular weight is 299 g/mol. The first kappa shape index (κ1) is 16.6. The van der Waals surface area contributed by atoms with Crippen molar-refractivity contribution in [1.82, 2.24) is 9.96 Å². The van der Waals surface area contributed by atoms with Gasteiger partial charge in [0, 0.05) is 6.54 Å². The highest BCUT2D eigenvalue weighted by molar-refractivity contribution is 6.20. The zero-order valence-corrected chi connectivity index (χ0v) is 12.5. The second kappa shape index (κ2) is 7.38. The van der Waals surface area contributed by atoms with Gasteiger partial charge in [-0.3, -0.25) is 14.4 Å². The molecule has 1 heterocycles. The molecule has 2 rings (SSSR count). The Labute approximate surface area is 124 Å². The van der Waals surface area contributed by atoms with Gasteiger partial charge in [-0.2, -0.15) is 0 Å². The van der Waals surface area contributed by atoms with E-state index in [1.54, 1.807) is 24.3 Å². The number of hydrogen-bond acceptors (Lipinski definition) is 4. The molecule has 1 aromatic carbocycles. The molecule has 0 spiro atoms. The molecule has 6 heteroatoms. The summed E-state index contributed by atoms with van der Waals surface area (Å²) in [5.74, 6) is -0.750. The predicted octanol–water partition coefficient (Wildman–Crippen LogP) is 1.98. The van der Waals surface area contributed by atoms with Gasteiger partial charge in [0.1, 0.15) is 0 Å². The number of imide groups is 1. The summed E-state index contributed by atoms with van der Waals surface area (Å²) in [5, 5.41) is 0.869. The molecule has 20 heavy (non-hydrogen) atoms. The fraction of sp³-hybridized carbons (Fsp3) is 0.429. The number of hydroxylamine groups is 2. The van der Waals surface area contributed by atoms with Crippen LogP contribution in [0.5, 0.6) is 0 Å². The van der Waals surface area contributed by atoms with Crippen LogP contribution in [0.1, 0.15) is 34.6 Å². The molecule has 1 aliphatic heterocycles. The van der Waals surface area contributed by atoms with Gasteiger partial charge in [-0.05, 0) is 25.2 Å². The molecule has 110 valence electrons. The summed E-state index contributed by atoms with van der Waals surface area (Å²) in [6.45, 7) is 6.98. The van der Waals surface area contributed by atoms with Gasteiger partial charge in [-0.25, -0.2) is 0 Å². The van der Waals surface area contributed by atoms with Crippen LogP contribution in [-0.2, 0) is 4.84 Å². The smallest absolute Gasteiger partial charge is 0.285 e. The first-order valence-electron chi connectivity index (χ1n) is 6.52. The van der Waals surface area contributed by atoms with E-state index in [0.717, 1.165) is 18.2 Å². The lowest BCUT2D eigenvalue weighted by Gasteiger charge is -2.19. The maximum atomic E-state index is 12.0. The fourth-order valence-electron chi connectivity index (χ4n) is 2.09. The Bertz CT molecular complexity index is 454. The number of rotatable bonds is 6. The van der Waals surface area contributed by atoms with Crippen molar-refractivity contribution in [1.29, 1.82) is 0 Å². The van der Waals surface area contributed by atoms with Crippen LogP contribution in [0.15, 0.2) is 24.3 Å². The van der Waals surface area contributed by atoms with E-state index >= 15 is 0 Å². The van der Waals surface area contributed by atoms with Crippen molar-refractivity contribution in [2.45, 2.75) is 13.8 Å². The Morgan fingerprint density at radius 3 is 2.00 bits per heavy atom. The van der Waals surface area contributed by atoms with Crippen LogP contribution in [0.4, 0.5) is 0 Å². The van der Waals surface area contributed by atoms with Crippen LogP contribution in [-0.4, -0.2) is 48.0 Å². The van der Waals surface area contributed by atoms with Crippen LogP contribution < -0.4 is 0 Å². The van der Waals surface area contributed by atoms with E-state index in [1.807, 2.05) is 0 Å². The number of nitrogens with zero attached hydrogens (tertiary/aromatic N) is 2. The summed E-state index contributed by atoms with van der Waals surface area (Å²) in [4.78, 5) is 31.5. The minimum atomic E-state index is -0.375. The molecule has 0 N–H and O–H groups in total. The maximum absolute atomic E-state index is 12.0.